The minimum Gasteiger partial charge on any atom is -0.497 e. The Bertz CT molecular complexity index is 769. The van der Waals surface area contributed by atoms with E-state index >= 15 is 0 Å². The molecule has 2 aromatic rings. The molecule has 2 rings (SSSR count). The number of unbranched alkanes of at least 4 members (excludes halogenated alkanes) is 1. The third-order valence-electron chi connectivity index (χ3n) is 4.15. The Labute approximate surface area is 165 Å². The SMILES string of the molecule is COc1ccc(CCCCC(=O)Nc2ccccc2SCC(C)C#N)cc1. The van der Waals surface area contributed by atoms with Crippen LogP contribution >= 0.6 is 11.8 Å². The number of methoxy groups -OCH3 is 1. The molecule has 0 saturated carbocycles. The maximum absolute atomic E-state index is 12.3. The van der Waals surface area contributed by atoms with E-state index in [1.807, 2.05) is 43.3 Å². The average molecular weight is 383 g/mol. The second-order valence-electron chi connectivity index (χ2n) is 6.44. The zero-order chi connectivity index (χ0) is 19.5. The Morgan fingerprint density at radius 2 is 1.93 bits per heavy atom. The van der Waals surface area contributed by atoms with Gasteiger partial charge in [-0.25, -0.2) is 0 Å². The van der Waals surface area contributed by atoms with Crippen molar-refractivity contribution in [3.63, 3.8) is 0 Å². The van der Waals surface area contributed by atoms with E-state index in [0.717, 1.165) is 35.6 Å². The standard InChI is InChI=1S/C22H26N2O2S/c1-17(15-23)16-27-21-9-5-4-8-20(21)24-22(25)10-6-3-7-18-11-13-19(26-2)14-12-18/h4-5,8-9,11-14,17H,3,6-7,10,16H2,1-2H3,(H,24,25). The summed E-state index contributed by atoms with van der Waals surface area (Å²) in [6, 6.07) is 18.0. The quantitative estimate of drug-likeness (QED) is 0.447. The number of nitrogens with zero attached hydrogens (tertiary/aromatic N) is 1. The number of nitriles is 1. The van der Waals surface area contributed by atoms with E-state index in [4.69, 9.17) is 10.00 Å². The molecule has 0 aliphatic carbocycles. The topological polar surface area (TPSA) is 62.1 Å². The summed E-state index contributed by atoms with van der Waals surface area (Å²) in [4.78, 5) is 13.3. The van der Waals surface area contributed by atoms with E-state index in [1.54, 1.807) is 18.9 Å². The van der Waals surface area contributed by atoms with Crippen LogP contribution < -0.4 is 10.1 Å². The van der Waals surface area contributed by atoms with Crippen LogP contribution in [0.2, 0.25) is 0 Å². The summed E-state index contributed by atoms with van der Waals surface area (Å²) in [6.07, 6.45) is 3.27. The molecule has 0 saturated heterocycles. The number of ether oxygens (including phenoxy) is 1. The van der Waals surface area contributed by atoms with Gasteiger partial charge in [0.05, 0.1) is 24.8 Å². The molecule has 0 radical (unpaired) electrons. The largest absolute Gasteiger partial charge is 0.497 e. The van der Waals surface area contributed by atoms with Crippen molar-refractivity contribution in [2.24, 2.45) is 5.92 Å². The summed E-state index contributed by atoms with van der Waals surface area (Å²) in [5, 5.41) is 11.9. The van der Waals surface area contributed by atoms with Crippen LogP contribution in [0.25, 0.3) is 0 Å². The van der Waals surface area contributed by atoms with Crippen LogP contribution in [0.15, 0.2) is 53.4 Å². The fourth-order valence-corrected chi connectivity index (χ4v) is 3.52. The monoisotopic (exact) mass is 382 g/mol. The minimum absolute atomic E-state index is 0.0169. The van der Waals surface area contributed by atoms with Crippen molar-refractivity contribution in [3.8, 4) is 11.8 Å². The van der Waals surface area contributed by atoms with Gasteiger partial charge in [0.2, 0.25) is 5.91 Å². The predicted molar refractivity (Wildman–Crippen MR) is 111 cm³/mol. The Morgan fingerprint density at radius 1 is 1.19 bits per heavy atom. The molecule has 5 heteroatoms. The smallest absolute Gasteiger partial charge is 0.224 e. The van der Waals surface area contributed by atoms with Crippen molar-refractivity contribution in [2.75, 3.05) is 18.2 Å². The van der Waals surface area contributed by atoms with E-state index in [9.17, 15) is 4.79 Å². The molecule has 142 valence electrons. The molecule has 2 aromatic carbocycles. The van der Waals surface area contributed by atoms with Gasteiger partial charge in [-0.2, -0.15) is 5.26 Å². The number of thioether (sulfide) groups is 1. The molecule has 1 amide bonds. The number of anilines is 1. The zero-order valence-corrected chi connectivity index (χ0v) is 16.7. The molecule has 0 bridgehead atoms. The summed E-state index contributed by atoms with van der Waals surface area (Å²) >= 11 is 1.60. The first-order valence-electron chi connectivity index (χ1n) is 9.16. The number of benzene rings is 2. The fraction of sp³-hybridized carbons (Fsp3) is 0.364. The second-order valence-corrected chi connectivity index (χ2v) is 7.50. The van der Waals surface area contributed by atoms with Crippen LogP contribution in [0.1, 0.15) is 31.7 Å². The van der Waals surface area contributed by atoms with Crippen molar-refractivity contribution < 1.29 is 9.53 Å². The molecule has 1 N–H and O–H groups in total. The number of hydrogen-bond donors (Lipinski definition) is 1. The Hall–Kier alpha value is -2.45. The molecule has 0 spiro atoms. The molecule has 27 heavy (non-hydrogen) atoms. The summed E-state index contributed by atoms with van der Waals surface area (Å²) < 4.78 is 5.16. The van der Waals surface area contributed by atoms with Crippen LogP contribution in [-0.2, 0) is 11.2 Å². The lowest BCUT2D eigenvalue weighted by atomic mass is 10.1. The molecular weight excluding hydrogens is 356 g/mol. The third-order valence-corrected chi connectivity index (χ3v) is 5.48. The summed E-state index contributed by atoms with van der Waals surface area (Å²) in [6.45, 7) is 1.90. The molecular formula is C22H26N2O2S. The van der Waals surface area contributed by atoms with Gasteiger partial charge in [0.1, 0.15) is 5.75 Å². The van der Waals surface area contributed by atoms with Gasteiger partial charge in [0.25, 0.3) is 0 Å². The van der Waals surface area contributed by atoms with Gasteiger partial charge in [-0.1, -0.05) is 24.3 Å². The first-order chi connectivity index (χ1) is 13.1. The van der Waals surface area contributed by atoms with E-state index < -0.39 is 0 Å². The molecule has 0 aromatic heterocycles. The number of carbonyl (C=O) groups is 1. The van der Waals surface area contributed by atoms with Gasteiger partial charge in [0.15, 0.2) is 0 Å². The van der Waals surface area contributed by atoms with E-state index in [0.29, 0.717) is 12.2 Å². The summed E-state index contributed by atoms with van der Waals surface area (Å²) in [5.74, 6) is 1.59. The lowest BCUT2D eigenvalue weighted by Gasteiger charge is -2.11. The molecule has 0 aliphatic heterocycles. The molecule has 1 atom stereocenters. The van der Waals surface area contributed by atoms with Crippen molar-refractivity contribution in [2.45, 2.75) is 37.5 Å². The predicted octanol–water partition coefficient (Wildman–Crippen LogP) is 5.30. The van der Waals surface area contributed by atoms with Crippen LogP contribution in [0, 0.1) is 17.2 Å². The maximum Gasteiger partial charge on any atom is 0.224 e. The number of para-hydroxylation sites is 1. The lowest BCUT2D eigenvalue weighted by Crippen LogP contribution is -2.12. The number of carbonyl (C=O) groups excluding carboxylic acids is 1. The lowest BCUT2D eigenvalue weighted by molar-refractivity contribution is -0.116. The van der Waals surface area contributed by atoms with Gasteiger partial charge in [-0.05, 0) is 56.0 Å². The van der Waals surface area contributed by atoms with E-state index in [-0.39, 0.29) is 11.8 Å². The first-order valence-corrected chi connectivity index (χ1v) is 10.1. The highest BCUT2D eigenvalue weighted by atomic mass is 32.2. The van der Waals surface area contributed by atoms with Crippen molar-refractivity contribution >= 4 is 23.4 Å². The van der Waals surface area contributed by atoms with Crippen LogP contribution in [-0.4, -0.2) is 18.8 Å². The van der Waals surface area contributed by atoms with Crippen molar-refractivity contribution in [1.29, 1.82) is 5.26 Å². The zero-order valence-electron chi connectivity index (χ0n) is 15.9. The molecule has 1 unspecified atom stereocenters. The van der Waals surface area contributed by atoms with E-state index in [2.05, 4.69) is 23.5 Å². The molecule has 0 heterocycles. The van der Waals surface area contributed by atoms with Crippen LogP contribution in [0.3, 0.4) is 0 Å². The second kappa shape index (κ2) is 11.3. The Morgan fingerprint density at radius 3 is 2.63 bits per heavy atom. The van der Waals surface area contributed by atoms with Gasteiger partial charge in [-0.3, -0.25) is 4.79 Å². The van der Waals surface area contributed by atoms with Gasteiger partial charge in [-0.15, -0.1) is 11.8 Å². The third kappa shape index (κ3) is 7.36. The minimum atomic E-state index is -0.0169. The van der Waals surface area contributed by atoms with Crippen molar-refractivity contribution in [1.82, 2.24) is 0 Å². The highest BCUT2D eigenvalue weighted by molar-refractivity contribution is 7.99. The van der Waals surface area contributed by atoms with Crippen LogP contribution in [0.5, 0.6) is 5.75 Å². The fourth-order valence-electron chi connectivity index (χ4n) is 2.57. The first kappa shape index (κ1) is 20.9. The number of nitrogens with one attached hydrogen (secondary N) is 1. The molecule has 0 fully saturated rings. The van der Waals surface area contributed by atoms with Crippen LogP contribution in [0.4, 0.5) is 5.69 Å². The van der Waals surface area contributed by atoms with Gasteiger partial charge < -0.3 is 10.1 Å². The number of rotatable bonds is 10. The normalized spacial score (nSPS) is 11.4. The van der Waals surface area contributed by atoms with Gasteiger partial charge in [0, 0.05) is 17.1 Å². The van der Waals surface area contributed by atoms with E-state index in [1.165, 1.54) is 5.56 Å². The average Bonchev–Trinajstić information content (AvgIpc) is 2.70. The molecule has 0 aliphatic rings. The molecule has 4 nitrogen and oxygen atoms in total. The van der Waals surface area contributed by atoms with Crippen molar-refractivity contribution in [3.05, 3.63) is 54.1 Å². The Kier molecular flexibility index (Phi) is 8.73. The number of aryl methyl sites for hydroxylation is 1. The number of amides is 1. The summed E-state index contributed by atoms with van der Waals surface area (Å²) in [7, 11) is 1.66. The summed E-state index contributed by atoms with van der Waals surface area (Å²) in [5.41, 5.74) is 2.08. The van der Waals surface area contributed by atoms with Gasteiger partial charge >= 0.3 is 0 Å². The highest BCUT2D eigenvalue weighted by Gasteiger charge is 2.09. The maximum atomic E-state index is 12.3. The Balaban J connectivity index is 1.76. The number of hydrogen-bond acceptors (Lipinski definition) is 4. The highest BCUT2D eigenvalue weighted by Crippen LogP contribution is 2.28.